The van der Waals surface area contributed by atoms with Crippen molar-refractivity contribution >= 4 is 11.6 Å². The number of nitriles is 1. The summed E-state index contributed by atoms with van der Waals surface area (Å²) in [6, 6.07) is 9.77. The van der Waals surface area contributed by atoms with E-state index in [9.17, 15) is 4.79 Å². The Hall–Kier alpha value is -1.86. The van der Waals surface area contributed by atoms with Gasteiger partial charge in [-0.05, 0) is 37.6 Å². The molecule has 1 aliphatic rings. The van der Waals surface area contributed by atoms with Gasteiger partial charge in [0, 0.05) is 24.7 Å². The van der Waals surface area contributed by atoms with Gasteiger partial charge in [0.25, 0.3) is 0 Å². The fourth-order valence-electron chi connectivity index (χ4n) is 3.18. The van der Waals surface area contributed by atoms with E-state index >= 15 is 0 Å². The highest BCUT2D eigenvalue weighted by Crippen LogP contribution is 2.22. The lowest BCUT2D eigenvalue weighted by atomic mass is 9.94. The van der Waals surface area contributed by atoms with Crippen molar-refractivity contribution < 1.29 is 4.79 Å². The lowest BCUT2D eigenvalue weighted by molar-refractivity contribution is -0.116. The van der Waals surface area contributed by atoms with Crippen molar-refractivity contribution in [1.29, 1.82) is 5.26 Å². The maximum atomic E-state index is 12.1. The van der Waals surface area contributed by atoms with Gasteiger partial charge in [0.1, 0.15) is 0 Å². The number of nitrogens with zero attached hydrogens (tertiary/aromatic N) is 2. The molecule has 0 heterocycles. The van der Waals surface area contributed by atoms with Crippen molar-refractivity contribution in [3.63, 3.8) is 0 Å². The molecule has 1 saturated carbocycles. The number of hydrogen-bond donors (Lipinski definition) is 1. The molecule has 4 nitrogen and oxygen atoms in total. The summed E-state index contributed by atoms with van der Waals surface area (Å²) in [5.41, 5.74) is 1.26. The predicted octanol–water partition coefficient (Wildman–Crippen LogP) is 3.54. The molecule has 0 saturated heterocycles. The van der Waals surface area contributed by atoms with Crippen LogP contribution in [0.5, 0.6) is 0 Å². The third-order valence-electron chi connectivity index (χ3n) is 4.40. The summed E-state index contributed by atoms with van der Waals surface area (Å²) < 4.78 is 0. The molecule has 4 heteroatoms. The second-order valence-corrected chi connectivity index (χ2v) is 5.91. The molecule has 0 aromatic heterocycles. The summed E-state index contributed by atoms with van der Waals surface area (Å²) in [4.78, 5) is 14.5. The highest BCUT2D eigenvalue weighted by atomic mass is 16.1. The fraction of sp³-hybridized carbons (Fsp3) is 0.556. The van der Waals surface area contributed by atoms with Crippen LogP contribution in [0.2, 0.25) is 0 Å². The Morgan fingerprint density at radius 3 is 2.82 bits per heavy atom. The first-order valence-corrected chi connectivity index (χ1v) is 8.27. The minimum Gasteiger partial charge on any atom is -0.326 e. The van der Waals surface area contributed by atoms with Crippen LogP contribution >= 0.6 is 0 Å². The van der Waals surface area contributed by atoms with Gasteiger partial charge in [0.2, 0.25) is 5.91 Å². The summed E-state index contributed by atoms with van der Waals surface area (Å²) in [6.45, 7) is 3.98. The van der Waals surface area contributed by atoms with Crippen LogP contribution in [-0.4, -0.2) is 29.9 Å². The van der Waals surface area contributed by atoms with Crippen LogP contribution in [0.3, 0.4) is 0 Å². The van der Waals surface area contributed by atoms with Gasteiger partial charge >= 0.3 is 0 Å². The second-order valence-electron chi connectivity index (χ2n) is 5.91. The fourth-order valence-corrected chi connectivity index (χ4v) is 3.18. The molecule has 0 radical (unpaired) electrons. The van der Waals surface area contributed by atoms with Crippen LogP contribution in [0.15, 0.2) is 24.3 Å². The molecule has 0 atom stereocenters. The number of carbonyl (C=O) groups is 1. The molecule has 0 aliphatic heterocycles. The lowest BCUT2D eigenvalue weighted by Gasteiger charge is -2.33. The highest BCUT2D eigenvalue weighted by molar-refractivity contribution is 5.90. The van der Waals surface area contributed by atoms with E-state index in [2.05, 4.69) is 23.2 Å². The van der Waals surface area contributed by atoms with Gasteiger partial charge in [-0.25, -0.2) is 0 Å². The predicted molar refractivity (Wildman–Crippen MR) is 88.5 cm³/mol. The van der Waals surface area contributed by atoms with Crippen molar-refractivity contribution in [1.82, 2.24) is 4.90 Å². The van der Waals surface area contributed by atoms with Crippen molar-refractivity contribution in [2.24, 2.45) is 0 Å². The first-order chi connectivity index (χ1) is 10.7. The maximum absolute atomic E-state index is 12.1. The van der Waals surface area contributed by atoms with Crippen molar-refractivity contribution in [2.75, 3.05) is 18.4 Å². The molecule has 1 aromatic carbocycles. The average Bonchev–Trinajstić information content (AvgIpc) is 2.56. The lowest BCUT2D eigenvalue weighted by Crippen LogP contribution is -2.38. The largest absolute Gasteiger partial charge is 0.326 e. The van der Waals surface area contributed by atoms with Crippen molar-refractivity contribution in [2.45, 2.75) is 51.5 Å². The van der Waals surface area contributed by atoms with Crippen LogP contribution in [0.25, 0.3) is 0 Å². The number of amides is 1. The average molecular weight is 299 g/mol. The summed E-state index contributed by atoms with van der Waals surface area (Å²) >= 11 is 0. The third-order valence-corrected chi connectivity index (χ3v) is 4.40. The summed E-state index contributed by atoms with van der Waals surface area (Å²) in [5.74, 6) is 0.0179. The molecule has 0 spiro atoms. The molecule has 2 rings (SSSR count). The molecule has 1 aromatic rings. The van der Waals surface area contributed by atoms with E-state index in [0.29, 0.717) is 23.7 Å². The Morgan fingerprint density at radius 2 is 2.14 bits per heavy atom. The van der Waals surface area contributed by atoms with E-state index < -0.39 is 0 Å². The van der Waals surface area contributed by atoms with Gasteiger partial charge < -0.3 is 10.2 Å². The Labute approximate surface area is 133 Å². The Balaban J connectivity index is 1.82. The minimum absolute atomic E-state index is 0.0179. The second kappa shape index (κ2) is 8.55. The Bertz CT molecular complexity index is 529. The zero-order valence-electron chi connectivity index (χ0n) is 13.3. The van der Waals surface area contributed by atoms with Crippen molar-refractivity contribution in [3.8, 4) is 6.07 Å². The monoisotopic (exact) mass is 299 g/mol. The molecule has 1 amide bonds. The van der Waals surface area contributed by atoms with Gasteiger partial charge in [-0.2, -0.15) is 5.26 Å². The van der Waals surface area contributed by atoms with E-state index in [1.807, 2.05) is 6.07 Å². The van der Waals surface area contributed by atoms with E-state index in [1.54, 1.807) is 18.2 Å². The smallest absolute Gasteiger partial charge is 0.225 e. The summed E-state index contributed by atoms with van der Waals surface area (Å²) in [7, 11) is 0. The normalized spacial score (nSPS) is 15.5. The number of hydrogen-bond acceptors (Lipinski definition) is 3. The van der Waals surface area contributed by atoms with E-state index in [0.717, 1.165) is 13.1 Å². The number of rotatable bonds is 6. The Kier molecular flexibility index (Phi) is 6.42. The first-order valence-electron chi connectivity index (χ1n) is 8.27. The zero-order chi connectivity index (χ0) is 15.8. The van der Waals surface area contributed by atoms with Crippen LogP contribution in [-0.2, 0) is 4.79 Å². The SMILES string of the molecule is CCN(CCC(=O)Nc1cccc(C#N)c1)C1CCCCC1. The molecule has 0 unspecified atom stereocenters. The molecule has 1 fully saturated rings. The zero-order valence-corrected chi connectivity index (χ0v) is 13.3. The van der Waals surface area contributed by atoms with Gasteiger partial charge in [-0.1, -0.05) is 32.3 Å². The number of benzene rings is 1. The minimum atomic E-state index is 0.0179. The molecule has 0 bridgehead atoms. The topological polar surface area (TPSA) is 56.1 Å². The number of anilines is 1. The summed E-state index contributed by atoms with van der Waals surface area (Å²) in [6.07, 6.45) is 7.01. The van der Waals surface area contributed by atoms with Crippen LogP contribution in [0.4, 0.5) is 5.69 Å². The molecule has 1 aliphatic carbocycles. The van der Waals surface area contributed by atoms with Crippen LogP contribution in [0, 0.1) is 11.3 Å². The van der Waals surface area contributed by atoms with E-state index in [4.69, 9.17) is 5.26 Å². The molecular weight excluding hydrogens is 274 g/mol. The third kappa shape index (κ3) is 4.85. The Morgan fingerprint density at radius 1 is 1.36 bits per heavy atom. The van der Waals surface area contributed by atoms with Gasteiger partial charge in [-0.15, -0.1) is 0 Å². The van der Waals surface area contributed by atoms with Crippen LogP contribution in [0.1, 0.15) is 51.0 Å². The molecule has 22 heavy (non-hydrogen) atoms. The summed E-state index contributed by atoms with van der Waals surface area (Å²) in [5, 5.41) is 11.8. The molecule has 118 valence electrons. The number of nitrogens with one attached hydrogen (secondary N) is 1. The standard InChI is InChI=1S/C18H25N3O/c1-2-21(17-9-4-3-5-10-17)12-11-18(22)20-16-8-6-7-15(13-16)14-19/h6-8,13,17H,2-5,9-12H2,1H3,(H,20,22). The maximum Gasteiger partial charge on any atom is 0.225 e. The van der Waals surface area contributed by atoms with E-state index in [-0.39, 0.29) is 5.91 Å². The van der Waals surface area contributed by atoms with Gasteiger partial charge in [0.15, 0.2) is 0 Å². The van der Waals surface area contributed by atoms with Crippen LogP contribution < -0.4 is 5.32 Å². The highest BCUT2D eigenvalue weighted by Gasteiger charge is 2.20. The number of carbonyl (C=O) groups excluding carboxylic acids is 1. The van der Waals surface area contributed by atoms with Gasteiger partial charge in [-0.3, -0.25) is 4.79 Å². The van der Waals surface area contributed by atoms with E-state index in [1.165, 1.54) is 32.1 Å². The first kappa shape index (κ1) is 16.5. The molecular formula is C18H25N3O. The molecule has 1 N–H and O–H groups in total. The van der Waals surface area contributed by atoms with Gasteiger partial charge in [0.05, 0.1) is 11.6 Å². The quantitative estimate of drug-likeness (QED) is 0.874. The van der Waals surface area contributed by atoms with Crippen molar-refractivity contribution in [3.05, 3.63) is 29.8 Å².